The van der Waals surface area contributed by atoms with E-state index in [2.05, 4.69) is 117 Å². The molecule has 72 heavy (non-hydrogen) atoms. The lowest BCUT2D eigenvalue weighted by Gasteiger charge is -2.18. The van der Waals surface area contributed by atoms with E-state index < -0.39 is 0 Å². The SMILES string of the molecule is CCCCC(CC)CCc1c2cc(C3=C4C(=O)NC(c5cc6c(CCC(CC)CCCC)c7sc(Br)cc7c(CCC(CC)CCCC)c6s5)=C4C(=O)C3)sc2c(CCC(CC)CCCC)c2cc(Br)sc12. The minimum absolute atomic E-state index is 0.0748. The molecule has 1 N–H and O–H groups in total. The molecule has 1 aliphatic heterocycles. The lowest BCUT2D eigenvalue weighted by atomic mass is 9.88. The van der Waals surface area contributed by atoms with E-state index in [1.807, 2.05) is 45.3 Å². The second kappa shape index (κ2) is 26.3. The molecule has 0 spiro atoms. The van der Waals surface area contributed by atoms with Gasteiger partial charge < -0.3 is 5.32 Å². The summed E-state index contributed by atoms with van der Waals surface area (Å²) in [6.45, 7) is 18.7. The van der Waals surface area contributed by atoms with Crippen molar-refractivity contribution < 1.29 is 9.59 Å². The number of fused-ring (bicyclic) bond motifs is 5. The van der Waals surface area contributed by atoms with E-state index in [1.54, 1.807) is 0 Å². The van der Waals surface area contributed by atoms with Crippen LogP contribution in [0.3, 0.4) is 0 Å². The number of carbonyl (C=O) groups is 2. The van der Waals surface area contributed by atoms with Crippen molar-refractivity contribution in [2.45, 2.75) is 216 Å². The van der Waals surface area contributed by atoms with Crippen LogP contribution >= 0.6 is 77.2 Å². The van der Waals surface area contributed by atoms with E-state index in [-0.39, 0.29) is 18.1 Å². The molecule has 0 saturated carbocycles. The summed E-state index contributed by atoms with van der Waals surface area (Å²) in [6.07, 6.45) is 29.3. The molecular formula is C63H83Br2NO2S4. The van der Waals surface area contributed by atoms with Gasteiger partial charge in [0, 0.05) is 30.1 Å². The van der Waals surface area contributed by atoms with Crippen LogP contribution in [0.1, 0.15) is 222 Å². The van der Waals surface area contributed by atoms with Crippen molar-refractivity contribution in [3.8, 4) is 0 Å². The van der Waals surface area contributed by atoms with Gasteiger partial charge in [0.2, 0.25) is 0 Å². The third kappa shape index (κ3) is 12.2. The number of carbonyl (C=O) groups excluding carboxylic acids is 2. The maximum Gasteiger partial charge on any atom is 0.256 e. The van der Waals surface area contributed by atoms with Gasteiger partial charge in [-0.25, -0.2) is 0 Å². The quantitative estimate of drug-likeness (QED) is 0.0489. The number of ketones is 1. The van der Waals surface area contributed by atoms with Gasteiger partial charge in [0.05, 0.1) is 29.3 Å². The summed E-state index contributed by atoms with van der Waals surface area (Å²) in [6, 6.07) is 9.57. The second-order valence-corrected chi connectivity index (χ2v) is 28.7. The molecule has 4 aromatic heterocycles. The highest BCUT2D eigenvalue weighted by molar-refractivity contribution is 9.11. The Bertz CT molecular complexity index is 2570. The number of rotatable bonds is 30. The minimum atomic E-state index is -0.113. The molecule has 8 rings (SSSR count). The summed E-state index contributed by atoms with van der Waals surface area (Å²) in [7, 11) is 0. The van der Waals surface area contributed by atoms with Crippen LogP contribution in [0.25, 0.3) is 51.6 Å². The lowest BCUT2D eigenvalue weighted by Crippen LogP contribution is -2.16. The fraction of sp³-hybridized carbons (Fsp3) is 0.587. The maximum atomic E-state index is 14.7. The van der Waals surface area contributed by atoms with Crippen LogP contribution in [0, 0.1) is 23.7 Å². The molecule has 2 aromatic carbocycles. The number of hydrogen-bond acceptors (Lipinski definition) is 6. The van der Waals surface area contributed by atoms with Gasteiger partial charge in [-0.05, 0) is 181 Å². The van der Waals surface area contributed by atoms with Crippen molar-refractivity contribution in [3.63, 3.8) is 0 Å². The van der Waals surface area contributed by atoms with Crippen molar-refractivity contribution in [1.82, 2.24) is 5.32 Å². The van der Waals surface area contributed by atoms with Crippen LogP contribution in [0.2, 0.25) is 0 Å². The number of nitrogens with one attached hydrogen (secondary N) is 1. The highest BCUT2D eigenvalue weighted by Gasteiger charge is 2.42. The number of unbranched alkanes of at least 4 members (excludes halogenated alkanes) is 4. The van der Waals surface area contributed by atoms with Crippen LogP contribution in [0.4, 0.5) is 0 Å². The molecule has 5 heterocycles. The van der Waals surface area contributed by atoms with Crippen LogP contribution in [0.15, 0.2) is 43.0 Å². The van der Waals surface area contributed by atoms with Crippen molar-refractivity contribution in [3.05, 3.63) is 75.0 Å². The molecular weight excluding hydrogens is 1090 g/mol. The van der Waals surface area contributed by atoms with E-state index in [9.17, 15) is 9.59 Å². The molecule has 0 saturated heterocycles. The van der Waals surface area contributed by atoms with Gasteiger partial charge in [-0.15, -0.1) is 45.3 Å². The average Bonchev–Trinajstić information content (AvgIpc) is 4.25. The molecule has 0 radical (unpaired) electrons. The normalized spacial score (nSPS) is 15.9. The molecule has 0 bridgehead atoms. The topological polar surface area (TPSA) is 46.2 Å². The summed E-state index contributed by atoms with van der Waals surface area (Å²) in [5, 5.41) is 8.87. The van der Waals surface area contributed by atoms with E-state index in [0.717, 1.165) is 46.7 Å². The van der Waals surface area contributed by atoms with Crippen molar-refractivity contribution in [2.24, 2.45) is 23.7 Å². The van der Waals surface area contributed by atoms with Crippen LogP contribution < -0.4 is 5.32 Å². The van der Waals surface area contributed by atoms with Gasteiger partial charge in [-0.3, -0.25) is 9.59 Å². The molecule has 6 aromatic rings. The summed E-state index contributed by atoms with van der Waals surface area (Å²) in [5.41, 5.74) is 8.75. The summed E-state index contributed by atoms with van der Waals surface area (Å²) >= 11 is 15.4. The van der Waals surface area contributed by atoms with Crippen LogP contribution in [-0.2, 0) is 35.3 Å². The van der Waals surface area contributed by atoms with Crippen molar-refractivity contribution in [1.29, 1.82) is 0 Å². The minimum Gasteiger partial charge on any atom is -0.320 e. The van der Waals surface area contributed by atoms with Gasteiger partial charge >= 0.3 is 0 Å². The number of thiophene rings is 4. The third-order valence-corrected chi connectivity index (χ3v) is 22.9. The monoisotopic (exact) mass is 1170 g/mol. The first kappa shape index (κ1) is 56.1. The molecule has 9 heteroatoms. The second-order valence-electron chi connectivity index (χ2n) is 21.7. The van der Waals surface area contributed by atoms with Gasteiger partial charge in [0.25, 0.3) is 5.91 Å². The van der Waals surface area contributed by atoms with E-state index in [0.29, 0.717) is 34.8 Å². The number of halogens is 2. The molecule has 1 amide bonds. The number of hydrogen-bond donors (Lipinski definition) is 1. The Morgan fingerprint density at radius 2 is 0.806 bits per heavy atom. The Morgan fingerprint density at radius 1 is 0.458 bits per heavy atom. The molecule has 1 aliphatic carbocycles. The third-order valence-electron chi connectivity index (χ3n) is 17.1. The predicted molar refractivity (Wildman–Crippen MR) is 328 cm³/mol. The van der Waals surface area contributed by atoms with Crippen LogP contribution in [0.5, 0.6) is 0 Å². The first-order valence-electron chi connectivity index (χ1n) is 28.7. The van der Waals surface area contributed by atoms with E-state index >= 15 is 0 Å². The largest absolute Gasteiger partial charge is 0.320 e. The number of amides is 1. The molecule has 390 valence electrons. The van der Waals surface area contributed by atoms with E-state index in [4.69, 9.17) is 0 Å². The molecule has 4 unspecified atom stereocenters. The number of benzene rings is 2. The van der Waals surface area contributed by atoms with Crippen molar-refractivity contribution in [2.75, 3.05) is 0 Å². The summed E-state index contributed by atoms with van der Waals surface area (Å²) in [4.78, 5) is 31.5. The smallest absolute Gasteiger partial charge is 0.256 e. The Kier molecular flexibility index (Phi) is 20.5. The molecule has 4 atom stereocenters. The molecule has 0 fully saturated rings. The van der Waals surface area contributed by atoms with E-state index in [1.165, 1.54) is 199 Å². The first-order chi connectivity index (χ1) is 35.0. The number of Topliss-reactive ketones (excluding diaryl/α,β-unsaturated/α-hetero) is 1. The van der Waals surface area contributed by atoms with Gasteiger partial charge in [0.15, 0.2) is 5.78 Å². The van der Waals surface area contributed by atoms with Gasteiger partial charge in [-0.2, -0.15) is 0 Å². The number of aryl methyl sites for hydroxylation is 4. The Morgan fingerprint density at radius 3 is 1.18 bits per heavy atom. The maximum absolute atomic E-state index is 14.7. The molecule has 3 nitrogen and oxygen atoms in total. The molecule has 2 aliphatic rings. The zero-order valence-electron chi connectivity index (χ0n) is 45.0. The van der Waals surface area contributed by atoms with Crippen LogP contribution in [-0.4, -0.2) is 11.7 Å². The lowest BCUT2D eigenvalue weighted by molar-refractivity contribution is -0.116. The highest BCUT2D eigenvalue weighted by Crippen LogP contribution is 2.52. The summed E-state index contributed by atoms with van der Waals surface area (Å²) < 4.78 is 7.97. The summed E-state index contributed by atoms with van der Waals surface area (Å²) in [5.74, 6) is 2.80. The van der Waals surface area contributed by atoms with Gasteiger partial charge in [0.1, 0.15) is 0 Å². The number of allylic oxidation sites excluding steroid dienone is 1. The predicted octanol–water partition coefficient (Wildman–Crippen LogP) is 21.9. The average molecular weight is 1170 g/mol. The standard InChI is InChI=1S/C63H83Br2NO2S4/c1-9-17-21-38(13-5)25-29-42-46-34-52(69-59(46)44(48-36-54(64)71-61(42)48)31-27-40(15-7)23-19-11-3)50-33-51(67)57-56(50)63(68)66-58(57)53-35-47-43(30-26-39(14-6)22-18-10-2)62-49(37-55(65)72-62)45(60(47)70-53)32-28-41(16-8)24-20-12-4/h34-41H,9-33H2,1-8H3,(H,66,68). The Balaban J connectivity index is 1.26. The first-order valence-corrected chi connectivity index (χ1v) is 33.5. The zero-order chi connectivity index (χ0) is 51.1. The Hall–Kier alpha value is -2.14. The Labute approximate surface area is 466 Å². The van der Waals surface area contributed by atoms with Crippen molar-refractivity contribution >= 4 is 141 Å². The van der Waals surface area contributed by atoms with Gasteiger partial charge in [-0.1, -0.05) is 158 Å². The fourth-order valence-electron chi connectivity index (χ4n) is 12.4. The zero-order valence-corrected chi connectivity index (χ0v) is 51.4. The highest BCUT2D eigenvalue weighted by atomic mass is 79.9. The fourth-order valence-corrected chi connectivity index (χ4v) is 18.4.